The standard InChI is InChI=1S/C13H24N2O2/c14-9-12-2-1-5-15(12)11-3-6-17-13(8-11)4-7-16-10-13/h11-12H,1-10,14H2. The molecule has 3 heterocycles. The van der Waals surface area contributed by atoms with E-state index >= 15 is 0 Å². The molecule has 3 fully saturated rings. The third-order valence-electron chi connectivity index (χ3n) is 4.70. The summed E-state index contributed by atoms with van der Waals surface area (Å²) in [5, 5.41) is 0. The highest BCUT2D eigenvalue weighted by Crippen LogP contribution is 2.36. The van der Waals surface area contributed by atoms with E-state index in [1.165, 1.54) is 19.4 Å². The van der Waals surface area contributed by atoms with E-state index in [1.807, 2.05) is 0 Å². The predicted octanol–water partition coefficient (Wildman–Crippen LogP) is 0.748. The zero-order valence-corrected chi connectivity index (χ0v) is 10.6. The normalized spacial score (nSPS) is 43.6. The second-order valence-electron chi connectivity index (χ2n) is 5.75. The average Bonchev–Trinajstić information content (AvgIpc) is 2.98. The van der Waals surface area contributed by atoms with Crippen LogP contribution < -0.4 is 5.73 Å². The van der Waals surface area contributed by atoms with Gasteiger partial charge in [-0.15, -0.1) is 0 Å². The van der Waals surface area contributed by atoms with Crippen LogP contribution in [-0.4, -0.2) is 55.5 Å². The van der Waals surface area contributed by atoms with Gasteiger partial charge in [0.2, 0.25) is 0 Å². The van der Waals surface area contributed by atoms with Gasteiger partial charge in [0, 0.05) is 38.3 Å². The van der Waals surface area contributed by atoms with E-state index in [0.717, 1.165) is 45.6 Å². The molecule has 0 aliphatic carbocycles. The van der Waals surface area contributed by atoms with Gasteiger partial charge in [-0.2, -0.15) is 0 Å². The fourth-order valence-electron chi connectivity index (χ4n) is 3.74. The first-order chi connectivity index (χ1) is 8.33. The van der Waals surface area contributed by atoms with Crippen molar-refractivity contribution in [2.24, 2.45) is 5.73 Å². The van der Waals surface area contributed by atoms with Crippen LogP contribution in [0.5, 0.6) is 0 Å². The Labute approximate surface area is 103 Å². The Bertz CT molecular complexity index is 266. The van der Waals surface area contributed by atoms with Crippen LogP contribution in [0.2, 0.25) is 0 Å². The van der Waals surface area contributed by atoms with Gasteiger partial charge in [-0.25, -0.2) is 0 Å². The summed E-state index contributed by atoms with van der Waals surface area (Å²) in [6.07, 6.45) is 5.96. The molecule has 98 valence electrons. The van der Waals surface area contributed by atoms with Gasteiger partial charge in [-0.3, -0.25) is 4.90 Å². The van der Waals surface area contributed by atoms with Crippen molar-refractivity contribution >= 4 is 0 Å². The van der Waals surface area contributed by atoms with Gasteiger partial charge in [0.05, 0.1) is 12.2 Å². The molecule has 1 spiro atoms. The van der Waals surface area contributed by atoms with Crippen LogP contribution in [-0.2, 0) is 9.47 Å². The van der Waals surface area contributed by atoms with E-state index in [2.05, 4.69) is 4.90 Å². The maximum absolute atomic E-state index is 6.00. The summed E-state index contributed by atoms with van der Waals surface area (Å²) < 4.78 is 11.5. The maximum atomic E-state index is 6.00. The fraction of sp³-hybridized carbons (Fsp3) is 1.00. The Morgan fingerprint density at radius 1 is 1.29 bits per heavy atom. The molecule has 3 saturated heterocycles. The highest BCUT2D eigenvalue weighted by atomic mass is 16.6. The molecule has 3 aliphatic rings. The lowest BCUT2D eigenvalue weighted by Crippen LogP contribution is -2.51. The molecule has 3 rings (SSSR count). The summed E-state index contributed by atoms with van der Waals surface area (Å²) in [7, 11) is 0. The van der Waals surface area contributed by atoms with Crippen LogP contribution in [0, 0.1) is 0 Å². The van der Waals surface area contributed by atoms with Crippen molar-refractivity contribution in [3.8, 4) is 0 Å². The van der Waals surface area contributed by atoms with Gasteiger partial charge in [0.1, 0.15) is 0 Å². The highest BCUT2D eigenvalue weighted by Gasteiger charge is 2.44. The van der Waals surface area contributed by atoms with Crippen LogP contribution in [0.4, 0.5) is 0 Å². The van der Waals surface area contributed by atoms with Crippen molar-refractivity contribution in [3.05, 3.63) is 0 Å². The van der Waals surface area contributed by atoms with Crippen molar-refractivity contribution in [3.63, 3.8) is 0 Å². The van der Waals surface area contributed by atoms with E-state index in [9.17, 15) is 0 Å². The maximum Gasteiger partial charge on any atom is 0.0951 e. The molecule has 3 aliphatic heterocycles. The first-order valence-electron chi connectivity index (χ1n) is 7.00. The molecular weight excluding hydrogens is 216 g/mol. The second kappa shape index (κ2) is 4.84. The Balaban J connectivity index is 1.67. The molecule has 4 nitrogen and oxygen atoms in total. The first kappa shape index (κ1) is 11.9. The lowest BCUT2D eigenvalue weighted by Gasteiger charge is -2.42. The average molecular weight is 240 g/mol. The lowest BCUT2D eigenvalue weighted by molar-refractivity contribution is -0.107. The SMILES string of the molecule is NCC1CCCN1C1CCOC2(CCOC2)C1. The molecule has 3 unspecified atom stereocenters. The van der Waals surface area contributed by atoms with Gasteiger partial charge in [0.25, 0.3) is 0 Å². The highest BCUT2D eigenvalue weighted by molar-refractivity contribution is 4.96. The van der Waals surface area contributed by atoms with E-state index in [1.54, 1.807) is 0 Å². The number of hydrogen-bond acceptors (Lipinski definition) is 4. The predicted molar refractivity (Wildman–Crippen MR) is 65.9 cm³/mol. The summed E-state index contributed by atoms with van der Waals surface area (Å²) in [5.41, 5.74) is 5.91. The summed E-state index contributed by atoms with van der Waals surface area (Å²) in [6.45, 7) is 4.59. The number of nitrogens with two attached hydrogens (primary N) is 1. The quantitative estimate of drug-likeness (QED) is 0.773. The van der Waals surface area contributed by atoms with Crippen molar-refractivity contribution < 1.29 is 9.47 Å². The molecule has 0 saturated carbocycles. The number of hydrogen-bond donors (Lipinski definition) is 1. The van der Waals surface area contributed by atoms with Crippen molar-refractivity contribution in [2.75, 3.05) is 32.9 Å². The summed E-state index contributed by atoms with van der Waals surface area (Å²) >= 11 is 0. The molecule has 0 aromatic carbocycles. The molecule has 4 heteroatoms. The summed E-state index contributed by atoms with van der Waals surface area (Å²) in [6, 6.07) is 1.28. The van der Waals surface area contributed by atoms with Crippen LogP contribution >= 0.6 is 0 Å². The molecule has 3 atom stereocenters. The fourth-order valence-corrected chi connectivity index (χ4v) is 3.74. The molecule has 0 amide bonds. The van der Waals surface area contributed by atoms with Crippen LogP contribution in [0.1, 0.15) is 32.1 Å². The van der Waals surface area contributed by atoms with Gasteiger partial charge in [-0.1, -0.05) is 0 Å². The summed E-state index contributed by atoms with van der Waals surface area (Å²) in [4.78, 5) is 2.64. The van der Waals surface area contributed by atoms with Crippen LogP contribution in [0.25, 0.3) is 0 Å². The third kappa shape index (κ3) is 2.24. The van der Waals surface area contributed by atoms with Gasteiger partial charge < -0.3 is 15.2 Å². The van der Waals surface area contributed by atoms with E-state index in [-0.39, 0.29) is 5.60 Å². The van der Waals surface area contributed by atoms with Crippen LogP contribution in [0.15, 0.2) is 0 Å². The number of ether oxygens (including phenoxy) is 2. The topological polar surface area (TPSA) is 47.7 Å². The molecule has 17 heavy (non-hydrogen) atoms. The van der Waals surface area contributed by atoms with Gasteiger partial charge >= 0.3 is 0 Å². The van der Waals surface area contributed by atoms with Crippen molar-refractivity contribution in [2.45, 2.75) is 49.8 Å². The minimum Gasteiger partial charge on any atom is -0.378 e. The largest absolute Gasteiger partial charge is 0.378 e. The number of rotatable bonds is 2. The van der Waals surface area contributed by atoms with E-state index in [4.69, 9.17) is 15.2 Å². The molecule has 0 radical (unpaired) electrons. The molecule has 0 bridgehead atoms. The monoisotopic (exact) mass is 240 g/mol. The molecule has 0 aromatic heterocycles. The minimum absolute atomic E-state index is 0.0324. The smallest absolute Gasteiger partial charge is 0.0951 e. The van der Waals surface area contributed by atoms with E-state index in [0.29, 0.717) is 12.1 Å². The molecule has 0 aromatic rings. The van der Waals surface area contributed by atoms with Crippen LogP contribution in [0.3, 0.4) is 0 Å². The minimum atomic E-state index is 0.0324. The zero-order chi connectivity index (χ0) is 11.7. The van der Waals surface area contributed by atoms with Gasteiger partial charge in [0.15, 0.2) is 0 Å². The number of nitrogens with zero attached hydrogens (tertiary/aromatic N) is 1. The zero-order valence-electron chi connectivity index (χ0n) is 10.6. The van der Waals surface area contributed by atoms with Crippen molar-refractivity contribution in [1.29, 1.82) is 0 Å². The lowest BCUT2D eigenvalue weighted by atomic mass is 9.88. The Morgan fingerprint density at radius 3 is 3.00 bits per heavy atom. The number of likely N-dealkylation sites (tertiary alicyclic amines) is 1. The Hall–Kier alpha value is -0.160. The first-order valence-corrected chi connectivity index (χ1v) is 7.00. The molecule has 2 N–H and O–H groups in total. The second-order valence-corrected chi connectivity index (χ2v) is 5.75. The Kier molecular flexibility index (Phi) is 3.39. The third-order valence-corrected chi connectivity index (χ3v) is 4.70. The Morgan fingerprint density at radius 2 is 2.24 bits per heavy atom. The summed E-state index contributed by atoms with van der Waals surface area (Å²) in [5.74, 6) is 0. The van der Waals surface area contributed by atoms with E-state index < -0.39 is 0 Å². The molecular formula is C13H24N2O2. The van der Waals surface area contributed by atoms with Crippen molar-refractivity contribution in [1.82, 2.24) is 4.90 Å². The van der Waals surface area contributed by atoms with Gasteiger partial charge in [-0.05, 0) is 32.2 Å².